The Morgan fingerprint density at radius 3 is 2.57 bits per heavy atom. The van der Waals surface area contributed by atoms with Crippen LogP contribution in [0.3, 0.4) is 0 Å². The Hall–Kier alpha value is -3.82. The number of ether oxygens (including phenoxy) is 1. The van der Waals surface area contributed by atoms with E-state index in [-0.39, 0.29) is 23.6 Å². The molecule has 0 bridgehead atoms. The summed E-state index contributed by atoms with van der Waals surface area (Å²) < 4.78 is 50.0. The molecule has 0 fully saturated rings. The molecule has 1 aliphatic rings. The van der Waals surface area contributed by atoms with Crippen molar-refractivity contribution >= 4 is 11.4 Å². The van der Waals surface area contributed by atoms with E-state index < -0.39 is 17.5 Å². The first-order valence-corrected chi connectivity index (χ1v) is 11.3. The Bertz CT molecular complexity index is 1440. The first-order chi connectivity index (χ1) is 16.7. The molecule has 3 aromatic heterocycles. The highest BCUT2D eigenvalue weighted by Gasteiger charge is 2.39. The summed E-state index contributed by atoms with van der Waals surface area (Å²) in [6, 6.07) is 4.93. The van der Waals surface area contributed by atoms with Gasteiger partial charge in [-0.25, -0.2) is 17.7 Å². The van der Waals surface area contributed by atoms with Gasteiger partial charge in [-0.15, -0.1) is 0 Å². The van der Waals surface area contributed by atoms with Crippen LogP contribution in [0.1, 0.15) is 47.9 Å². The minimum atomic E-state index is -1.51. The highest BCUT2D eigenvalue weighted by Crippen LogP contribution is 2.41. The molecule has 4 heterocycles. The lowest BCUT2D eigenvalue weighted by Crippen LogP contribution is -2.45. The molecule has 0 saturated heterocycles. The maximum atomic E-state index is 14.0. The number of fused-ring (bicyclic) bond motifs is 2. The number of halogens is 3. The lowest BCUT2D eigenvalue weighted by atomic mass is 9.89. The van der Waals surface area contributed by atoms with Crippen molar-refractivity contribution < 1.29 is 22.7 Å². The van der Waals surface area contributed by atoms with E-state index in [0.717, 1.165) is 17.7 Å². The first-order valence-electron chi connectivity index (χ1n) is 11.3. The van der Waals surface area contributed by atoms with Crippen molar-refractivity contribution in [1.29, 1.82) is 0 Å². The average molecular weight is 483 g/mol. The van der Waals surface area contributed by atoms with E-state index in [1.807, 2.05) is 13.8 Å². The van der Waals surface area contributed by atoms with Crippen LogP contribution >= 0.6 is 0 Å². The Kier molecular flexibility index (Phi) is 5.53. The van der Waals surface area contributed by atoms with Gasteiger partial charge in [-0.3, -0.25) is 9.48 Å². The fourth-order valence-corrected chi connectivity index (χ4v) is 5.07. The van der Waals surface area contributed by atoms with Gasteiger partial charge >= 0.3 is 0 Å². The molecule has 0 N–H and O–H groups in total. The van der Waals surface area contributed by atoms with E-state index in [4.69, 9.17) is 4.74 Å². The van der Waals surface area contributed by atoms with E-state index in [1.54, 1.807) is 52.8 Å². The third-order valence-electron chi connectivity index (χ3n) is 6.64. The molecule has 5 rings (SSSR count). The number of hydrogen-bond acceptors (Lipinski definition) is 4. The standard InChI is InChI=1S/C25H24F3N5O2/c1-5-20-23-16(24(31(3)30-23)14-9-18(26)22(28)19(27)10-14)8-13(2)33(20)25(34)17-11-29-32-12-15(35-4)6-7-21(17)32/h6-7,9-13,20H,5,8H2,1-4H3. The minimum Gasteiger partial charge on any atom is -0.495 e. The van der Waals surface area contributed by atoms with Gasteiger partial charge in [0, 0.05) is 24.2 Å². The number of aromatic nitrogens is 4. The Labute approximate surface area is 199 Å². The van der Waals surface area contributed by atoms with Gasteiger partial charge in [0.1, 0.15) is 5.75 Å². The number of pyridine rings is 1. The zero-order valence-corrected chi connectivity index (χ0v) is 19.7. The van der Waals surface area contributed by atoms with Gasteiger partial charge in [-0.05, 0) is 44.0 Å². The summed E-state index contributed by atoms with van der Waals surface area (Å²) >= 11 is 0. The van der Waals surface area contributed by atoms with Crippen LogP contribution in [-0.4, -0.2) is 43.4 Å². The third kappa shape index (κ3) is 3.55. The first kappa shape index (κ1) is 22.9. The molecule has 35 heavy (non-hydrogen) atoms. The summed E-state index contributed by atoms with van der Waals surface area (Å²) in [5.74, 6) is -3.58. The zero-order valence-electron chi connectivity index (χ0n) is 19.7. The molecule has 0 radical (unpaired) electrons. The van der Waals surface area contributed by atoms with Gasteiger partial charge in [0.25, 0.3) is 5.91 Å². The fraction of sp³-hybridized carbons (Fsp3) is 0.320. The van der Waals surface area contributed by atoms with Crippen LogP contribution in [0.5, 0.6) is 5.75 Å². The highest BCUT2D eigenvalue weighted by atomic mass is 19.2. The average Bonchev–Trinajstić information content (AvgIpc) is 3.40. The van der Waals surface area contributed by atoms with Crippen molar-refractivity contribution in [3.63, 3.8) is 0 Å². The summed E-state index contributed by atoms with van der Waals surface area (Å²) in [7, 11) is 3.24. The number of amides is 1. The highest BCUT2D eigenvalue weighted by molar-refractivity contribution is 6.01. The van der Waals surface area contributed by atoms with Crippen LogP contribution in [0.2, 0.25) is 0 Å². The maximum Gasteiger partial charge on any atom is 0.258 e. The van der Waals surface area contributed by atoms with Crippen LogP contribution < -0.4 is 4.74 Å². The van der Waals surface area contributed by atoms with E-state index in [9.17, 15) is 18.0 Å². The number of carbonyl (C=O) groups excluding carboxylic acids is 1. The molecule has 182 valence electrons. The molecule has 2 atom stereocenters. The van der Waals surface area contributed by atoms with Crippen molar-refractivity contribution in [2.45, 2.75) is 38.8 Å². The Morgan fingerprint density at radius 1 is 1.20 bits per heavy atom. The zero-order chi connectivity index (χ0) is 25.0. The van der Waals surface area contributed by atoms with Crippen molar-refractivity contribution in [1.82, 2.24) is 24.3 Å². The lowest BCUT2D eigenvalue weighted by molar-refractivity contribution is 0.0546. The molecule has 0 spiro atoms. The fourth-order valence-electron chi connectivity index (χ4n) is 5.07. The molecular weight excluding hydrogens is 459 g/mol. The number of rotatable bonds is 4. The maximum absolute atomic E-state index is 14.0. The smallest absolute Gasteiger partial charge is 0.258 e. The largest absolute Gasteiger partial charge is 0.495 e. The van der Waals surface area contributed by atoms with E-state index in [2.05, 4.69) is 10.2 Å². The predicted molar refractivity (Wildman–Crippen MR) is 123 cm³/mol. The van der Waals surface area contributed by atoms with Crippen LogP contribution in [0, 0.1) is 17.5 Å². The molecule has 4 aromatic rings. The van der Waals surface area contributed by atoms with Crippen molar-refractivity contribution in [2.24, 2.45) is 7.05 Å². The molecule has 0 aliphatic carbocycles. The number of hydrogen-bond donors (Lipinski definition) is 0. The second-order valence-electron chi connectivity index (χ2n) is 8.74. The molecule has 0 saturated carbocycles. The van der Waals surface area contributed by atoms with Gasteiger partial charge < -0.3 is 9.64 Å². The molecule has 1 aromatic carbocycles. The number of carbonyl (C=O) groups is 1. The van der Waals surface area contributed by atoms with Crippen molar-refractivity contribution in [3.8, 4) is 17.0 Å². The predicted octanol–water partition coefficient (Wildman–Crippen LogP) is 4.70. The van der Waals surface area contributed by atoms with Crippen LogP contribution in [-0.2, 0) is 13.5 Å². The van der Waals surface area contributed by atoms with E-state index in [1.165, 1.54) is 0 Å². The van der Waals surface area contributed by atoms with Crippen molar-refractivity contribution in [3.05, 3.63) is 70.9 Å². The lowest BCUT2D eigenvalue weighted by Gasteiger charge is -2.39. The van der Waals surface area contributed by atoms with E-state index >= 15 is 0 Å². The number of aryl methyl sites for hydroxylation is 1. The summed E-state index contributed by atoms with van der Waals surface area (Å²) in [5.41, 5.74) is 3.29. The summed E-state index contributed by atoms with van der Waals surface area (Å²) in [4.78, 5) is 15.6. The molecule has 1 amide bonds. The summed E-state index contributed by atoms with van der Waals surface area (Å²) in [6.07, 6.45) is 4.25. The molecule has 10 heteroatoms. The second kappa shape index (κ2) is 8.44. The second-order valence-corrected chi connectivity index (χ2v) is 8.74. The Morgan fingerprint density at radius 2 is 1.91 bits per heavy atom. The molecular formula is C25H24F3N5O2. The SMILES string of the molecule is CCC1c2nn(C)c(-c3cc(F)c(F)c(F)c3)c2CC(C)N1C(=O)c1cnn2cc(OC)ccc12. The molecule has 7 nitrogen and oxygen atoms in total. The summed E-state index contributed by atoms with van der Waals surface area (Å²) in [5, 5.41) is 8.95. The van der Waals surface area contributed by atoms with Gasteiger partial charge in [0.2, 0.25) is 0 Å². The minimum absolute atomic E-state index is 0.179. The number of nitrogens with zero attached hydrogens (tertiary/aromatic N) is 5. The summed E-state index contributed by atoms with van der Waals surface area (Å²) in [6.45, 7) is 3.89. The quantitative estimate of drug-likeness (QED) is 0.395. The van der Waals surface area contributed by atoms with Crippen LogP contribution in [0.4, 0.5) is 13.2 Å². The van der Waals surface area contributed by atoms with Gasteiger partial charge in [0.15, 0.2) is 17.5 Å². The topological polar surface area (TPSA) is 64.7 Å². The van der Waals surface area contributed by atoms with Crippen molar-refractivity contribution in [2.75, 3.05) is 7.11 Å². The monoisotopic (exact) mass is 483 g/mol. The van der Waals surface area contributed by atoms with E-state index in [0.29, 0.717) is 41.1 Å². The number of methoxy groups -OCH3 is 1. The van der Waals surface area contributed by atoms with Gasteiger partial charge in [-0.2, -0.15) is 10.2 Å². The number of benzene rings is 1. The van der Waals surface area contributed by atoms with Gasteiger partial charge in [0.05, 0.1) is 48.0 Å². The van der Waals surface area contributed by atoms with Crippen LogP contribution in [0.25, 0.3) is 16.8 Å². The Balaban J connectivity index is 1.58. The van der Waals surface area contributed by atoms with Crippen LogP contribution in [0.15, 0.2) is 36.7 Å². The molecule has 2 unspecified atom stereocenters. The molecule has 1 aliphatic heterocycles. The van der Waals surface area contributed by atoms with Gasteiger partial charge in [-0.1, -0.05) is 6.92 Å². The normalized spacial score (nSPS) is 17.6. The third-order valence-corrected chi connectivity index (χ3v) is 6.64.